The number of hydrogen-bond donors (Lipinski definition) is 1. The molecule has 0 spiro atoms. The van der Waals surface area contributed by atoms with Crippen LogP contribution in [-0.2, 0) is 9.59 Å². The number of furan rings is 1. The van der Waals surface area contributed by atoms with Gasteiger partial charge in [0.2, 0.25) is 11.8 Å². The van der Waals surface area contributed by atoms with E-state index in [2.05, 4.69) is 5.32 Å². The van der Waals surface area contributed by atoms with Crippen LogP contribution >= 0.6 is 0 Å². The molecule has 0 radical (unpaired) electrons. The summed E-state index contributed by atoms with van der Waals surface area (Å²) in [6, 6.07) is 3.27. The Bertz CT molecular complexity index is 599. The van der Waals surface area contributed by atoms with E-state index in [9.17, 15) is 14.4 Å². The lowest BCUT2D eigenvalue weighted by molar-refractivity contribution is -0.149. The lowest BCUT2D eigenvalue weighted by atomic mass is 9.89. The normalized spacial score (nSPS) is 15.5. The van der Waals surface area contributed by atoms with Crippen LogP contribution in [0.4, 0.5) is 0 Å². The first-order chi connectivity index (χ1) is 11.2. The van der Waals surface area contributed by atoms with Crippen molar-refractivity contribution in [3.05, 3.63) is 24.2 Å². The second kappa shape index (κ2) is 7.07. The fourth-order valence-electron chi connectivity index (χ4n) is 2.60. The molecule has 1 aliphatic rings. The molecule has 0 atom stereocenters. The monoisotopic (exact) mass is 335 g/mol. The number of amides is 3. The van der Waals surface area contributed by atoms with Gasteiger partial charge in [0.25, 0.3) is 5.91 Å². The minimum Gasteiger partial charge on any atom is -0.459 e. The maximum atomic E-state index is 12.7. The zero-order valence-corrected chi connectivity index (χ0v) is 14.7. The molecule has 1 fully saturated rings. The summed E-state index contributed by atoms with van der Waals surface area (Å²) in [6.45, 7) is 8.64. The molecule has 1 N–H and O–H groups in total. The number of nitrogens with one attached hydrogen (secondary N) is 1. The van der Waals surface area contributed by atoms with E-state index in [1.54, 1.807) is 35.8 Å². The zero-order valence-electron chi connectivity index (χ0n) is 14.7. The number of hydrogen-bond acceptors (Lipinski definition) is 4. The van der Waals surface area contributed by atoms with Crippen molar-refractivity contribution in [3.63, 3.8) is 0 Å². The Kier molecular flexibility index (Phi) is 5.31. The maximum Gasteiger partial charge on any atom is 0.289 e. The van der Waals surface area contributed by atoms with Crippen LogP contribution in [0.25, 0.3) is 0 Å². The van der Waals surface area contributed by atoms with Gasteiger partial charge in [0, 0.05) is 32.2 Å². The molecule has 0 bridgehead atoms. The highest BCUT2D eigenvalue weighted by molar-refractivity contribution is 6.04. The average Bonchev–Trinajstić information content (AvgIpc) is 3.07. The summed E-state index contributed by atoms with van der Waals surface area (Å²) in [5, 5.41) is 2.79. The minimum atomic E-state index is -1.13. The fourth-order valence-corrected chi connectivity index (χ4v) is 2.60. The Morgan fingerprint density at radius 1 is 1.12 bits per heavy atom. The van der Waals surface area contributed by atoms with E-state index >= 15 is 0 Å². The average molecular weight is 335 g/mol. The van der Waals surface area contributed by atoms with Gasteiger partial charge in [0.1, 0.15) is 5.41 Å². The fraction of sp³-hybridized carbons (Fsp3) is 0.588. The van der Waals surface area contributed by atoms with E-state index < -0.39 is 5.41 Å². The van der Waals surface area contributed by atoms with Gasteiger partial charge in [0.05, 0.1) is 6.26 Å². The van der Waals surface area contributed by atoms with E-state index in [1.165, 1.54) is 6.26 Å². The minimum absolute atomic E-state index is 0.0210. The Hall–Kier alpha value is -2.31. The summed E-state index contributed by atoms with van der Waals surface area (Å²) in [6.07, 6.45) is 1.46. The largest absolute Gasteiger partial charge is 0.459 e. The summed E-state index contributed by atoms with van der Waals surface area (Å²) in [7, 11) is 0. The Morgan fingerprint density at radius 2 is 1.71 bits per heavy atom. The molecule has 0 aromatic carbocycles. The molecule has 7 nitrogen and oxygen atoms in total. The van der Waals surface area contributed by atoms with Crippen molar-refractivity contribution in [1.29, 1.82) is 0 Å². The van der Waals surface area contributed by atoms with Crippen LogP contribution in [0.2, 0.25) is 0 Å². The lowest BCUT2D eigenvalue weighted by Gasteiger charge is -2.38. The Morgan fingerprint density at radius 3 is 2.21 bits per heavy atom. The molecule has 1 aromatic heterocycles. The third-order valence-corrected chi connectivity index (χ3v) is 4.11. The van der Waals surface area contributed by atoms with Gasteiger partial charge < -0.3 is 19.5 Å². The third-order valence-electron chi connectivity index (χ3n) is 4.11. The van der Waals surface area contributed by atoms with E-state index in [0.717, 1.165) is 0 Å². The SMILES string of the molecule is CC(C)NC(=O)C(C)(C)C(=O)N1CCN(C(=O)c2ccco2)CC1. The molecule has 3 amide bonds. The van der Waals surface area contributed by atoms with Crippen molar-refractivity contribution in [2.24, 2.45) is 5.41 Å². The summed E-state index contributed by atoms with van der Waals surface area (Å²) >= 11 is 0. The second-order valence-electron chi connectivity index (χ2n) is 6.81. The van der Waals surface area contributed by atoms with Gasteiger partial charge in [0.15, 0.2) is 5.76 Å². The van der Waals surface area contributed by atoms with Gasteiger partial charge in [-0.3, -0.25) is 14.4 Å². The summed E-state index contributed by atoms with van der Waals surface area (Å²) in [5.41, 5.74) is -1.13. The van der Waals surface area contributed by atoms with Crippen LogP contribution in [0.5, 0.6) is 0 Å². The molecule has 2 rings (SSSR count). The quantitative estimate of drug-likeness (QED) is 0.836. The lowest BCUT2D eigenvalue weighted by Crippen LogP contribution is -2.56. The van der Waals surface area contributed by atoms with Crippen molar-refractivity contribution in [1.82, 2.24) is 15.1 Å². The summed E-state index contributed by atoms with van der Waals surface area (Å²) < 4.78 is 5.12. The van der Waals surface area contributed by atoms with E-state index in [4.69, 9.17) is 4.42 Å². The first-order valence-corrected chi connectivity index (χ1v) is 8.16. The van der Waals surface area contributed by atoms with Crippen LogP contribution in [0.3, 0.4) is 0 Å². The van der Waals surface area contributed by atoms with Crippen molar-refractivity contribution in [3.8, 4) is 0 Å². The van der Waals surface area contributed by atoms with Crippen molar-refractivity contribution in [2.45, 2.75) is 33.7 Å². The predicted octanol–water partition coefficient (Wildman–Crippen LogP) is 1.11. The van der Waals surface area contributed by atoms with Gasteiger partial charge in [-0.15, -0.1) is 0 Å². The number of nitrogens with zero attached hydrogens (tertiary/aromatic N) is 2. The summed E-state index contributed by atoms with van der Waals surface area (Å²) in [4.78, 5) is 40.5. The second-order valence-corrected chi connectivity index (χ2v) is 6.81. The molecule has 132 valence electrons. The molecule has 0 aliphatic carbocycles. The van der Waals surface area contributed by atoms with Crippen molar-refractivity contribution < 1.29 is 18.8 Å². The van der Waals surface area contributed by atoms with Crippen LogP contribution in [0, 0.1) is 5.41 Å². The Balaban J connectivity index is 1.95. The highest BCUT2D eigenvalue weighted by atomic mass is 16.3. The highest BCUT2D eigenvalue weighted by Crippen LogP contribution is 2.21. The standard InChI is InChI=1S/C17H25N3O4/c1-12(2)18-15(22)17(3,4)16(23)20-9-7-19(8-10-20)14(21)13-6-5-11-24-13/h5-6,11-12H,7-10H2,1-4H3,(H,18,22). The third kappa shape index (κ3) is 3.77. The van der Waals surface area contributed by atoms with Crippen LogP contribution in [0.15, 0.2) is 22.8 Å². The van der Waals surface area contributed by atoms with E-state index in [-0.39, 0.29) is 23.8 Å². The summed E-state index contributed by atoms with van der Waals surface area (Å²) in [5.74, 6) is -0.377. The number of piperazine rings is 1. The van der Waals surface area contributed by atoms with Gasteiger partial charge >= 0.3 is 0 Å². The van der Waals surface area contributed by atoms with Gasteiger partial charge in [-0.05, 0) is 39.8 Å². The molecular formula is C17H25N3O4. The van der Waals surface area contributed by atoms with Crippen LogP contribution in [0.1, 0.15) is 38.2 Å². The van der Waals surface area contributed by atoms with E-state index in [1.807, 2.05) is 13.8 Å². The molecule has 0 unspecified atom stereocenters. The molecule has 1 aromatic rings. The number of rotatable bonds is 4. The molecule has 7 heteroatoms. The van der Waals surface area contributed by atoms with Crippen molar-refractivity contribution >= 4 is 17.7 Å². The molecule has 2 heterocycles. The molecular weight excluding hydrogens is 310 g/mol. The molecule has 24 heavy (non-hydrogen) atoms. The smallest absolute Gasteiger partial charge is 0.289 e. The molecule has 0 saturated carbocycles. The van der Waals surface area contributed by atoms with E-state index in [0.29, 0.717) is 31.9 Å². The van der Waals surface area contributed by atoms with Crippen LogP contribution in [-0.4, -0.2) is 59.7 Å². The number of carbonyl (C=O) groups is 3. The Labute approximate surface area is 142 Å². The highest BCUT2D eigenvalue weighted by Gasteiger charge is 2.40. The first-order valence-electron chi connectivity index (χ1n) is 8.16. The van der Waals surface area contributed by atoms with Gasteiger partial charge in [-0.1, -0.05) is 0 Å². The maximum absolute atomic E-state index is 12.7. The van der Waals surface area contributed by atoms with Gasteiger partial charge in [-0.25, -0.2) is 0 Å². The zero-order chi connectivity index (χ0) is 17.9. The number of carbonyl (C=O) groups excluding carboxylic acids is 3. The topological polar surface area (TPSA) is 82.9 Å². The van der Waals surface area contributed by atoms with Gasteiger partial charge in [-0.2, -0.15) is 0 Å². The molecule has 1 saturated heterocycles. The predicted molar refractivity (Wildman–Crippen MR) is 88.3 cm³/mol. The van der Waals surface area contributed by atoms with Crippen molar-refractivity contribution in [2.75, 3.05) is 26.2 Å². The first kappa shape index (κ1) is 18.0. The molecule has 1 aliphatic heterocycles. The van der Waals surface area contributed by atoms with Crippen LogP contribution < -0.4 is 5.32 Å².